The first kappa shape index (κ1) is 15.9. The lowest BCUT2D eigenvalue weighted by atomic mass is 9.97. The summed E-state index contributed by atoms with van der Waals surface area (Å²) < 4.78 is 5.54. The number of fused-ring (bicyclic) bond motifs is 1. The molecule has 2 rings (SSSR count). The Morgan fingerprint density at radius 2 is 2.24 bits per heavy atom. The molecule has 2 atom stereocenters. The van der Waals surface area contributed by atoms with Crippen molar-refractivity contribution in [3.8, 4) is 0 Å². The van der Waals surface area contributed by atoms with E-state index in [0.29, 0.717) is 18.8 Å². The lowest BCUT2D eigenvalue weighted by molar-refractivity contribution is -0.145. The molecule has 1 aliphatic rings. The number of aliphatic carboxylic acids is 1. The van der Waals surface area contributed by atoms with Crippen LogP contribution in [0.25, 0.3) is 0 Å². The van der Waals surface area contributed by atoms with Crippen LogP contribution < -0.4 is 5.32 Å². The van der Waals surface area contributed by atoms with Gasteiger partial charge in [0, 0.05) is 0 Å². The van der Waals surface area contributed by atoms with Gasteiger partial charge in [-0.1, -0.05) is 24.3 Å². The zero-order valence-corrected chi connectivity index (χ0v) is 12.7. The Bertz CT molecular complexity index is 520. The van der Waals surface area contributed by atoms with E-state index in [9.17, 15) is 14.7 Å². The quantitative estimate of drug-likeness (QED) is 0.835. The highest BCUT2D eigenvalue weighted by atomic mass is 32.2. The number of carboxylic acid groups (broad SMARTS) is 1. The molecule has 0 fully saturated rings. The van der Waals surface area contributed by atoms with Crippen LogP contribution in [-0.4, -0.2) is 41.6 Å². The molecule has 1 aliphatic heterocycles. The summed E-state index contributed by atoms with van der Waals surface area (Å²) in [6, 6.07) is 6.74. The number of carboxylic acids is 1. The minimum absolute atomic E-state index is 0.379. The Kier molecular flexibility index (Phi) is 5.64. The van der Waals surface area contributed by atoms with Gasteiger partial charge in [0.25, 0.3) is 5.91 Å². The van der Waals surface area contributed by atoms with Gasteiger partial charge in [0.15, 0.2) is 6.10 Å². The molecule has 2 N–H and O–H groups in total. The van der Waals surface area contributed by atoms with E-state index >= 15 is 0 Å². The van der Waals surface area contributed by atoms with Crippen LogP contribution >= 0.6 is 11.8 Å². The SMILES string of the molecule is CSCC[C@H](NC(=O)C1OCCc2ccccc21)C(=O)O. The van der Waals surface area contributed by atoms with Gasteiger partial charge in [0.1, 0.15) is 6.04 Å². The summed E-state index contributed by atoms with van der Waals surface area (Å²) in [6.07, 6.45) is 2.36. The van der Waals surface area contributed by atoms with Crippen molar-refractivity contribution in [1.29, 1.82) is 0 Å². The van der Waals surface area contributed by atoms with Crippen LogP contribution in [0.4, 0.5) is 0 Å². The predicted octanol–water partition coefficient (Wildman–Crippen LogP) is 1.62. The van der Waals surface area contributed by atoms with E-state index in [-0.39, 0.29) is 5.91 Å². The lowest BCUT2D eigenvalue weighted by Crippen LogP contribution is -2.44. The summed E-state index contributed by atoms with van der Waals surface area (Å²) in [4.78, 5) is 23.5. The van der Waals surface area contributed by atoms with Crippen LogP contribution in [-0.2, 0) is 20.7 Å². The van der Waals surface area contributed by atoms with E-state index in [0.717, 1.165) is 17.5 Å². The molecular weight excluding hydrogens is 290 g/mol. The second kappa shape index (κ2) is 7.47. The molecular formula is C15H19NO4S. The highest BCUT2D eigenvalue weighted by Gasteiger charge is 2.30. The summed E-state index contributed by atoms with van der Waals surface area (Å²) in [5.74, 6) is -0.712. The van der Waals surface area contributed by atoms with Gasteiger partial charge in [0.05, 0.1) is 6.61 Å². The maximum atomic E-state index is 12.3. The smallest absolute Gasteiger partial charge is 0.326 e. The van der Waals surface area contributed by atoms with Gasteiger partial charge < -0.3 is 15.2 Å². The van der Waals surface area contributed by atoms with Gasteiger partial charge in [0.2, 0.25) is 0 Å². The molecule has 0 aliphatic carbocycles. The molecule has 0 radical (unpaired) electrons. The first-order chi connectivity index (χ1) is 10.1. The zero-order valence-electron chi connectivity index (χ0n) is 11.9. The minimum Gasteiger partial charge on any atom is -0.480 e. The van der Waals surface area contributed by atoms with E-state index in [1.807, 2.05) is 30.5 Å². The standard InChI is InChI=1S/C15H19NO4S/c1-21-9-7-12(15(18)19)16-14(17)13-11-5-3-2-4-10(11)6-8-20-13/h2-5,12-13H,6-9H2,1H3,(H,16,17)(H,18,19)/t12-,13?/m0/s1. The molecule has 1 aromatic carbocycles. The molecule has 1 unspecified atom stereocenters. The predicted molar refractivity (Wildman–Crippen MR) is 81.4 cm³/mol. The zero-order chi connectivity index (χ0) is 15.2. The Morgan fingerprint density at radius 3 is 2.95 bits per heavy atom. The minimum atomic E-state index is -1.01. The largest absolute Gasteiger partial charge is 0.480 e. The Morgan fingerprint density at radius 1 is 1.48 bits per heavy atom. The van der Waals surface area contributed by atoms with Crippen LogP contribution in [0.15, 0.2) is 24.3 Å². The van der Waals surface area contributed by atoms with E-state index in [2.05, 4.69) is 5.32 Å². The van der Waals surface area contributed by atoms with E-state index in [1.54, 1.807) is 11.8 Å². The second-order valence-electron chi connectivity index (χ2n) is 4.88. The third-order valence-corrected chi connectivity index (χ3v) is 4.10. The van der Waals surface area contributed by atoms with Gasteiger partial charge in [-0.05, 0) is 36.0 Å². The second-order valence-corrected chi connectivity index (χ2v) is 5.87. The summed E-state index contributed by atoms with van der Waals surface area (Å²) in [5.41, 5.74) is 1.91. The number of carbonyl (C=O) groups excluding carboxylic acids is 1. The number of rotatable bonds is 6. The average Bonchev–Trinajstić information content (AvgIpc) is 2.50. The van der Waals surface area contributed by atoms with Crippen molar-refractivity contribution in [3.63, 3.8) is 0 Å². The first-order valence-corrected chi connectivity index (χ1v) is 8.24. The van der Waals surface area contributed by atoms with Crippen LogP contribution in [0, 0.1) is 0 Å². The Hall–Kier alpha value is -1.53. The van der Waals surface area contributed by atoms with Gasteiger partial charge in [-0.2, -0.15) is 11.8 Å². The molecule has 0 saturated carbocycles. The third-order valence-electron chi connectivity index (χ3n) is 3.46. The number of amides is 1. The number of hydrogen-bond acceptors (Lipinski definition) is 4. The molecule has 0 aromatic heterocycles. The van der Waals surface area contributed by atoms with Gasteiger partial charge >= 0.3 is 5.97 Å². The summed E-state index contributed by atoms with van der Waals surface area (Å²) in [5, 5.41) is 11.8. The third kappa shape index (κ3) is 3.98. The highest BCUT2D eigenvalue weighted by molar-refractivity contribution is 7.98. The number of benzene rings is 1. The van der Waals surface area contributed by atoms with Crippen molar-refractivity contribution in [1.82, 2.24) is 5.32 Å². The van der Waals surface area contributed by atoms with Gasteiger partial charge in [-0.25, -0.2) is 4.79 Å². The molecule has 6 heteroatoms. The van der Waals surface area contributed by atoms with Crippen molar-refractivity contribution in [2.45, 2.75) is 25.0 Å². The summed E-state index contributed by atoms with van der Waals surface area (Å²) >= 11 is 1.55. The average molecular weight is 309 g/mol. The van der Waals surface area contributed by atoms with Crippen molar-refractivity contribution in [3.05, 3.63) is 35.4 Å². The number of thioether (sulfide) groups is 1. The fraction of sp³-hybridized carbons (Fsp3) is 0.467. The molecule has 1 heterocycles. The Labute approximate surface area is 128 Å². The molecule has 114 valence electrons. The van der Waals surface area contributed by atoms with E-state index in [4.69, 9.17) is 4.74 Å². The van der Waals surface area contributed by atoms with Gasteiger partial charge in [-0.3, -0.25) is 4.79 Å². The monoisotopic (exact) mass is 309 g/mol. The van der Waals surface area contributed by atoms with Crippen LogP contribution in [0.5, 0.6) is 0 Å². The fourth-order valence-corrected chi connectivity index (χ4v) is 2.82. The van der Waals surface area contributed by atoms with Crippen molar-refractivity contribution < 1.29 is 19.4 Å². The maximum absolute atomic E-state index is 12.3. The first-order valence-electron chi connectivity index (χ1n) is 6.85. The molecule has 1 amide bonds. The summed E-state index contributed by atoms with van der Waals surface area (Å²) in [7, 11) is 0. The van der Waals surface area contributed by atoms with E-state index in [1.165, 1.54) is 0 Å². The lowest BCUT2D eigenvalue weighted by Gasteiger charge is -2.26. The fourth-order valence-electron chi connectivity index (χ4n) is 2.35. The summed E-state index contributed by atoms with van der Waals surface area (Å²) in [6.45, 7) is 0.470. The van der Waals surface area contributed by atoms with E-state index < -0.39 is 18.1 Å². The van der Waals surface area contributed by atoms with Crippen molar-refractivity contribution in [2.24, 2.45) is 0 Å². The molecule has 0 bridgehead atoms. The van der Waals surface area contributed by atoms with Gasteiger partial charge in [-0.15, -0.1) is 0 Å². The molecule has 21 heavy (non-hydrogen) atoms. The van der Waals surface area contributed by atoms with Crippen molar-refractivity contribution >= 4 is 23.6 Å². The number of ether oxygens (including phenoxy) is 1. The molecule has 0 saturated heterocycles. The van der Waals surface area contributed by atoms with Crippen LogP contribution in [0.3, 0.4) is 0 Å². The molecule has 0 spiro atoms. The van der Waals surface area contributed by atoms with Crippen LogP contribution in [0.1, 0.15) is 23.7 Å². The van der Waals surface area contributed by atoms with Crippen molar-refractivity contribution in [2.75, 3.05) is 18.6 Å². The topological polar surface area (TPSA) is 75.6 Å². The molecule has 5 nitrogen and oxygen atoms in total. The van der Waals surface area contributed by atoms with Crippen LogP contribution in [0.2, 0.25) is 0 Å². The Balaban J connectivity index is 2.08. The number of nitrogens with one attached hydrogen (secondary N) is 1. The number of carbonyl (C=O) groups is 2. The maximum Gasteiger partial charge on any atom is 0.326 e. The normalized spacial score (nSPS) is 18.6. The number of hydrogen-bond donors (Lipinski definition) is 2. The highest BCUT2D eigenvalue weighted by Crippen LogP contribution is 2.27. The molecule has 1 aromatic rings.